The van der Waals surface area contributed by atoms with Crippen molar-refractivity contribution in [2.24, 2.45) is 5.73 Å². The third-order valence-corrected chi connectivity index (χ3v) is 7.49. The molecule has 0 heterocycles. The SMILES string of the molecule is CCOC(=O)/C(C)=C/c1cc(F)c(Oc2ccc(S(=O)(=O)NCCOCCOCCOCCOCCOCCOCCN)cc2)c(F)c1. The Balaban J connectivity index is 1.58. The summed E-state index contributed by atoms with van der Waals surface area (Å²) in [4.78, 5) is 11.7. The van der Waals surface area contributed by atoms with Crippen LogP contribution in [0.4, 0.5) is 8.78 Å². The summed E-state index contributed by atoms with van der Waals surface area (Å²) < 4.78 is 99.2. The first-order valence-corrected chi connectivity index (χ1v) is 16.9. The Morgan fingerprint density at radius 2 is 1.23 bits per heavy atom. The molecule has 0 bridgehead atoms. The molecule has 0 fully saturated rings. The van der Waals surface area contributed by atoms with Gasteiger partial charge in [0.15, 0.2) is 17.4 Å². The van der Waals surface area contributed by atoms with E-state index in [2.05, 4.69) is 4.72 Å². The van der Waals surface area contributed by atoms with Crippen molar-refractivity contribution in [3.05, 3.63) is 59.2 Å². The molecule has 0 aliphatic carbocycles. The summed E-state index contributed by atoms with van der Waals surface area (Å²) in [6.07, 6.45) is 1.29. The second kappa shape index (κ2) is 24.1. The molecule has 0 spiro atoms. The monoisotopic (exact) mass is 704 g/mol. The van der Waals surface area contributed by atoms with Gasteiger partial charge < -0.3 is 43.6 Å². The molecule has 0 atom stereocenters. The molecule has 270 valence electrons. The van der Waals surface area contributed by atoms with E-state index in [0.717, 1.165) is 12.1 Å². The minimum atomic E-state index is -3.87. The van der Waals surface area contributed by atoms with Crippen molar-refractivity contribution < 1.29 is 59.9 Å². The van der Waals surface area contributed by atoms with Crippen LogP contribution in [0.2, 0.25) is 0 Å². The minimum Gasteiger partial charge on any atom is -0.463 e. The standard InChI is InChI=1S/C32H46F2N2O11S/c1-3-46-32(37)25(2)22-26-23-29(33)31(30(34)24-26)47-27-4-6-28(7-5-27)48(38,39)36-9-11-41-13-15-43-17-19-45-21-20-44-18-16-42-14-12-40-10-8-35/h4-7,22-24,36H,3,8-21,35H2,1-2H3/b25-22+. The van der Waals surface area contributed by atoms with Crippen LogP contribution in [-0.2, 0) is 48.0 Å². The zero-order valence-electron chi connectivity index (χ0n) is 27.4. The van der Waals surface area contributed by atoms with Gasteiger partial charge >= 0.3 is 5.97 Å². The number of ether oxygens (including phenoxy) is 8. The van der Waals surface area contributed by atoms with Crippen molar-refractivity contribution in [1.82, 2.24) is 4.72 Å². The van der Waals surface area contributed by atoms with E-state index in [1.807, 2.05) is 0 Å². The molecular formula is C32H46F2N2O11S. The maximum Gasteiger partial charge on any atom is 0.333 e. The second-order valence-electron chi connectivity index (χ2n) is 9.80. The Morgan fingerprint density at radius 3 is 1.69 bits per heavy atom. The van der Waals surface area contributed by atoms with Crippen molar-refractivity contribution in [3.8, 4) is 11.5 Å². The van der Waals surface area contributed by atoms with Gasteiger partial charge in [-0.1, -0.05) is 0 Å². The predicted octanol–water partition coefficient (Wildman–Crippen LogP) is 3.06. The second-order valence-corrected chi connectivity index (χ2v) is 11.6. The van der Waals surface area contributed by atoms with E-state index in [-0.39, 0.29) is 48.1 Å². The number of nitrogens with one attached hydrogen (secondary N) is 1. The van der Waals surface area contributed by atoms with E-state index < -0.39 is 33.4 Å². The number of halogens is 2. The van der Waals surface area contributed by atoms with Crippen LogP contribution in [0.25, 0.3) is 6.08 Å². The largest absolute Gasteiger partial charge is 0.463 e. The van der Waals surface area contributed by atoms with Crippen LogP contribution in [0.5, 0.6) is 11.5 Å². The zero-order chi connectivity index (χ0) is 35.0. The molecule has 0 aliphatic rings. The molecule has 2 aromatic carbocycles. The van der Waals surface area contributed by atoms with Crippen LogP contribution < -0.4 is 15.2 Å². The van der Waals surface area contributed by atoms with Crippen molar-refractivity contribution in [1.29, 1.82) is 0 Å². The van der Waals surface area contributed by atoms with Gasteiger partial charge in [0.05, 0.1) is 90.8 Å². The molecule has 0 saturated carbocycles. The van der Waals surface area contributed by atoms with E-state index in [9.17, 15) is 22.0 Å². The highest BCUT2D eigenvalue weighted by Crippen LogP contribution is 2.30. The van der Waals surface area contributed by atoms with Crippen molar-refractivity contribution in [3.63, 3.8) is 0 Å². The smallest absolute Gasteiger partial charge is 0.333 e. The number of hydrogen-bond acceptors (Lipinski definition) is 12. The summed E-state index contributed by atoms with van der Waals surface area (Å²) in [5.74, 6) is -3.27. The van der Waals surface area contributed by atoms with E-state index >= 15 is 0 Å². The summed E-state index contributed by atoms with van der Waals surface area (Å²) in [6, 6.07) is 7.05. The predicted molar refractivity (Wildman–Crippen MR) is 172 cm³/mol. The Morgan fingerprint density at radius 1 is 0.771 bits per heavy atom. The van der Waals surface area contributed by atoms with E-state index in [0.29, 0.717) is 72.6 Å². The lowest BCUT2D eigenvalue weighted by atomic mass is 10.1. The number of carbonyl (C=O) groups is 1. The maximum absolute atomic E-state index is 14.6. The average molecular weight is 705 g/mol. The first-order chi connectivity index (χ1) is 23.2. The number of nitrogens with two attached hydrogens (primary N) is 1. The average Bonchev–Trinajstić information content (AvgIpc) is 3.06. The molecule has 3 N–H and O–H groups in total. The molecule has 2 rings (SSSR count). The van der Waals surface area contributed by atoms with Gasteiger partial charge in [-0.05, 0) is 61.9 Å². The molecule has 0 amide bonds. The summed E-state index contributed by atoms with van der Waals surface area (Å²) in [5, 5.41) is 0. The molecule has 0 saturated heterocycles. The van der Waals surface area contributed by atoms with Crippen molar-refractivity contribution >= 4 is 22.1 Å². The fourth-order valence-corrected chi connectivity index (χ4v) is 4.75. The molecule has 0 aromatic heterocycles. The molecule has 48 heavy (non-hydrogen) atoms. The fourth-order valence-electron chi connectivity index (χ4n) is 3.74. The molecule has 0 unspecified atom stereocenters. The van der Waals surface area contributed by atoms with Crippen LogP contribution in [-0.4, -0.2) is 113 Å². The van der Waals surface area contributed by atoms with Crippen LogP contribution in [0.1, 0.15) is 19.4 Å². The van der Waals surface area contributed by atoms with Crippen molar-refractivity contribution in [2.45, 2.75) is 18.7 Å². The Kier molecular flexibility index (Phi) is 20.7. The molecule has 2 aromatic rings. The first-order valence-electron chi connectivity index (χ1n) is 15.5. The van der Waals surface area contributed by atoms with Crippen molar-refractivity contribution in [2.75, 3.05) is 99.0 Å². The van der Waals surface area contributed by atoms with Gasteiger partial charge in [0.25, 0.3) is 0 Å². The lowest BCUT2D eigenvalue weighted by molar-refractivity contribution is -0.138. The Labute approximate surface area is 280 Å². The summed E-state index contributed by atoms with van der Waals surface area (Å²) >= 11 is 0. The highest BCUT2D eigenvalue weighted by atomic mass is 32.2. The number of rotatable bonds is 27. The van der Waals surface area contributed by atoms with Crippen LogP contribution >= 0.6 is 0 Å². The third-order valence-electron chi connectivity index (χ3n) is 6.02. The third kappa shape index (κ3) is 16.9. The normalized spacial score (nSPS) is 12.0. The number of carbonyl (C=O) groups excluding carboxylic acids is 1. The lowest BCUT2D eigenvalue weighted by Crippen LogP contribution is -2.27. The molecular weight excluding hydrogens is 658 g/mol. The number of hydrogen-bond donors (Lipinski definition) is 2. The fraction of sp³-hybridized carbons (Fsp3) is 0.531. The molecule has 13 nitrogen and oxygen atoms in total. The Bertz CT molecular complexity index is 1320. The van der Waals surface area contributed by atoms with Crippen LogP contribution in [0.15, 0.2) is 46.9 Å². The van der Waals surface area contributed by atoms with Gasteiger partial charge in [0.1, 0.15) is 5.75 Å². The molecule has 0 aliphatic heterocycles. The van der Waals surface area contributed by atoms with Gasteiger partial charge in [-0.3, -0.25) is 0 Å². The van der Waals surface area contributed by atoms with Crippen LogP contribution in [0.3, 0.4) is 0 Å². The van der Waals surface area contributed by atoms with E-state index in [1.165, 1.54) is 37.3 Å². The van der Waals surface area contributed by atoms with Crippen LogP contribution in [0, 0.1) is 11.6 Å². The van der Waals surface area contributed by atoms with E-state index in [4.69, 9.17) is 43.6 Å². The minimum absolute atomic E-state index is 0.0157. The summed E-state index contributed by atoms with van der Waals surface area (Å²) in [5.41, 5.74) is 5.60. The van der Waals surface area contributed by atoms with E-state index in [1.54, 1.807) is 6.92 Å². The highest BCUT2D eigenvalue weighted by molar-refractivity contribution is 7.89. The Hall–Kier alpha value is -3.06. The summed E-state index contributed by atoms with van der Waals surface area (Å²) in [7, 11) is -3.87. The first kappa shape index (κ1) is 41.1. The summed E-state index contributed by atoms with van der Waals surface area (Å²) in [6.45, 7) is 8.60. The van der Waals surface area contributed by atoms with Gasteiger partial charge in [0.2, 0.25) is 10.0 Å². The molecule has 0 radical (unpaired) electrons. The number of esters is 1. The molecule has 16 heteroatoms. The lowest BCUT2D eigenvalue weighted by Gasteiger charge is -2.11. The number of sulfonamides is 1. The quantitative estimate of drug-likeness (QED) is 0.0796. The van der Waals surface area contributed by atoms with Gasteiger partial charge in [-0.25, -0.2) is 26.7 Å². The maximum atomic E-state index is 14.6. The van der Waals surface area contributed by atoms with Gasteiger partial charge in [-0.15, -0.1) is 0 Å². The van der Waals surface area contributed by atoms with Gasteiger partial charge in [0, 0.05) is 18.7 Å². The number of benzene rings is 2. The zero-order valence-corrected chi connectivity index (χ0v) is 28.2. The van der Waals surface area contributed by atoms with Gasteiger partial charge in [-0.2, -0.15) is 0 Å². The highest BCUT2D eigenvalue weighted by Gasteiger charge is 2.17. The topological polar surface area (TPSA) is 163 Å².